The third-order valence-electron chi connectivity index (χ3n) is 3.18. The van der Waals surface area contributed by atoms with Crippen LogP contribution in [0.5, 0.6) is 0 Å². The van der Waals surface area contributed by atoms with Crippen molar-refractivity contribution in [3.63, 3.8) is 0 Å². The Morgan fingerprint density at radius 2 is 2.14 bits per heavy atom. The SMILES string of the molecule is CCNC(=NCCn1cccn1)N(C)Cc1ccc(Cl)cc1. The van der Waals surface area contributed by atoms with E-state index in [-0.39, 0.29) is 0 Å². The molecule has 0 fully saturated rings. The van der Waals surface area contributed by atoms with Crippen molar-refractivity contribution < 1.29 is 0 Å². The summed E-state index contributed by atoms with van der Waals surface area (Å²) >= 11 is 5.92. The first-order valence-corrected chi connectivity index (χ1v) is 7.78. The largest absolute Gasteiger partial charge is 0.357 e. The van der Waals surface area contributed by atoms with E-state index in [1.54, 1.807) is 6.20 Å². The summed E-state index contributed by atoms with van der Waals surface area (Å²) in [6.07, 6.45) is 3.72. The molecule has 6 heteroatoms. The van der Waals surface area contributed by atoms with Crippen LogP contribution in [0.1, 0.15) is 12.5 Å². The van der Waals surface area contributed by atoms with E-state index < -0.39 is 0 Å². The zero-order valence-corrected chi connectivity index (χ0v) is 13.8. The molecule has 118 valence electrons. The van der Waals surface area contributed by atoms with E-state index in [4.69, 9.17) is 11.6 Å². The van der Waals surface area contributed by atoms with Crippen molar-refractivity contribution in [2.75, 3.05) is 20.1 Å². The first-order valence-electron chi connectivity index (χ1n) is 7.40. The van der Waals surface area contributed by atoms with Crippen LogP contribution in [0.25, 0.3) is 0 Å². The lowest BCUT2D eigenvalue weighted by atomic mass is 10.2. The van der Waals surface area contributed by atoms with Crippen LogP contribution >= 0.6 is 11.6 Å². The zero-order chi connectivity index (χ0) is 15.8. The Kier molecular flexibility index (Phi) is 6.27. The predicted octanol–water partition coefficient (Wildman–Crippen LogP) is 2.63. The van der Waals surface area contributed by atoms with Gasteiger partial charge < -0.3 is 10.2 Å². The van der Waals surface area contributed by atoms with Gasteiger partial charge in [0.05, 0.1) is 13.1 Å². The Hall–Kier alpha value is -2.01. The van der Waals surface area contributed by atoms with Gasteiger partial charge in [-0.25, -0.2) is 0 Å². The minimum absolute atomic E-state index is 0.689. The molecule has 2 rings (SSSR count). The molecule has 0 aliphatic rings. The van der Waals surface area contributed by atoms with E-state index in [0.29, 0.717) is 6.54 Å². The molecule has 0 saturated carbocycles. The highest BCUT2D eigenvalue weighted by Gasteiger charge is 2.06. The van der Waals surface area contributed by atoms with E-state index in [0.717, 1.165) is 30.6 Å². The monoisotopic (exact) mass is 319 g/mol. The number of hydrogen-bond acceptors (Lipinski definition) is 2. The number of nitrogens with zero attached hydrogens (tertiary/aromatic N) is 4. The Balaban J connectivity index is 1.94. The van der Waals surface area contributed by atoms with Gasteiger partial charge >= 0.3 is 0 Å². The van der Waals surface area contributed by atoms with Crippen molar-refractivity contribution >= 4 is 17.6 Å². The maximum absolute atomic E-state index is 5.92. The van der Waals surface area contributed by atoms with Gasteiger partial charge in [0.25, 0.3) is 0 Å². The average Bonchev–Trinajstić information content (AvgIpc) is 3.02. The highest BCUT2D eigenvalue weighted by molar-refractivity contribution is 6.30. The van der Waals surface area contributed by atoms with Gasteiger partial charge in [0.15, 0.2) is 5.96 Å². The van der Waals surface area contributed by atoms with E-state index in [1.807, 2.05) is 48.3 Å². The molecule has 0 atom stereocenters. The highest BCUT2D eigenvalue weighted by Crippen LogP contribution is 2.11. The summed E-state index contributed by atoms with van der Waals surface area (Å²) in [6.45, 7) is 5.15. The fraction of sp³-hybridized carbons (Fsp3) is 0.375. The molecule has 1 aromatic carbocycles. The van der Waals surface area contributed by atoms with E-state index in [1.165, 1.54) is 5.56 Å². The van der Waals surface area contributed by atoms with Gasteiger partial charge in [-0.05, 0) is 30.7 Å². The predicted molar refractivity (Wildman–Crippen MR) is 91.1 cm³/mol. The van der Waals surface area contributed by atoms with Gasteiger partial charge in [0, 0.05) is 37.6 Å². The van der Waals surface area contributed by atoms with Crippen LogP contribution in [-0.2, 0) is 13.1 Å². The summed E-state index contributed by atoms with van der Waals surface area (Å²) in [5.74, 6) is 0.893. The molecule has 5 nitrogen and oxygen atoms in total. The second-order valence-corrected chi connectivity index (χ2v) is 5.42. The normalized spacial score (nSPS) is 11.5. The van der Waals surface area contributed by atoms with Gasteiger partial charge in [-0.3, -0.25) is 9.67 Å². The highest BCUT2D eigenvalue weighted by atomic mass is 35.5. The first-order chi connectivity index (χ1) is 10.7. The lowest BCUT2D eigenvalue weighted by molar-refractivity contribution is 0.475. The van der Waals surface area contributed by atoms with Gasteiger partial charge in [-0.1, -0.05) is 23.7 Å². The number of nitrogens with one attached hydrogen (secondary N) is 1. The Morgan fingerprint density at radius 3 is 2.77 bits per heavy atom. The third-order valence-corrected chi connectivity index (χ3v) is 3.43. The number of rotatable bonds is 6. The van der Waals surface area contributed by atoms with Gasteiger partial charge in [0.2, 0.25) is 0 Å². The van der Waals surface area contributed by atoms with Gasteiger partial charge in [0.1, 0.15) is 0 Å². The molecule has 0 aliphatic heterocycles. The van der Waals surface area contributed by atoms with Gasteiger partial charge in [-0.15, -0.1) is 0 Å². The summed E-state index contributed by atoms with van der Waals surface area (Å²) in [4.78, 5) is 6.75. The van der Waals surface area contributed by atoms with Crippen LogP contribution < -0.4 is 5.32 Å². The molecule has 0 spiro atoms. The summed E-state index contributed by atoms with van der Waals surface area (Å²) in [7, 11) is 2.03. The number of aromatic nitrogens is 2. The molecular formula is C16H22ClN5. The minimum atomic E-state index is 0.689. The standard InChI is InChI=1S/C16H22ClN5/c1-3-18-16(19-10-12-22-11-4-9-20-22)21(2)13-14-5-7-15(17)8-6-14/h4-9,11H,3,10,12-13H2,1-2H3,(H,18,19). The molecule has 0 saturated heterocycles. The minimum Gasteiger partial charge on any atom is -0.357 e. The van der Waals surface area contributed by atoms with E-state index >= 15 is 0 Å². The number of hydrogen-bond donors (Lipinski definition) is 1. The quantitative estimate of drug-likeness (QED) is 0.657. The summed E-state index contributed by atoms with van der Waals surface area (Å²) in [6, 6.07) is 9.80. The number of benzene rings is 1. The van der Waals surface area contributed by atoms with Crippen LogP contribution in [0.3, 0.4) is 0 Å². The molecule has 2 aromatic rings. The number of aliphatic imine (C=N–C) groups is 1. The second-order valence-electron chi connectivity index (χ2n) is 4.99. The summed E-state index contributed by atoms with van der Waals surface area (Å²) < 4.78 is 1.88. The zero-order valence-electron chi connectivity index (χ0n) is 13.0. The molecule has 1 aromatic heterocycles. The van der Waals surface area contributed by atoms with Crippen molar-refractivity contribution in [2.24, 2.45) is 4.99 Å². The Morgan fingerprint density at radius 1 is 1.36 bits per heavy atom. The van der Waals surface area contributed by atoms with E-state index in [2.05, 4.69) is 27.2 Å². The van der Waals surface area contributed by atoms with Crippen LogP contribution in [0.4, 0.5) is 0 Å². The Bertz CT molecular complexity index is 577. The van der Waals surface area contributed by atoms with Crippen LogP contribution in [0.2, 0.25) is 5.02 Å². The van der Waals surface area contributed by atoms with Crippen LogP contribution in [-0.4, -0.2) is 40.8 Å². The molecule has 1 heterocycles. The van der Waals surface area contributed by atoms with Crippen molar-refractivity contribution in [2.45, 2.75) is 20.0 Å². The molecule has 0 radical (unpaired) electrons. The topological polar surface area (TPSA) is 45.5 Å². The van der Waals surface area contributed by atoms with E-state index in [9.17, 15) is 0 Å². The molecule has 22 heavy (non-hydrogen) atoms. The fourth-order valence-electron chi connectivity index (χ4n) is 2.10. The lowest BCUT2D eigenvalue weighted by Gasteiger charge is -2.22. The average molecular weight is 320 g/mol. The lowest BCUT2D eigenvalue weighted by Crippen LogP contribution is -2.38. The molecule has 0 bridgehead atoms. The maximum atomic E-state index is 5.92. The van der Waals surface area contributed by atoms with Crippen molar-refractivity contribution in [3.8, 4) is 0 Å². The molecular weight excluding hydrogens is 298 g/mol. The van der Waals surface area contributed by atoms with Gasteiger partial charge in [-0.2, -0.15) is 5.10 Å². The smallest absolute Gasteiger partial charge is 0.194 e. The number of halogens is 1. The second kappa shape index (κ2) is 8.44. The molecule has 0 aliphatic carbocycles. The molecule has 0 amide bonds. The third kappa shape index (κ3) is 5.07. The van der Waals surface area contributed by atoms with Crippen LogP contribution in [0.15, 0.2) is 47.7 Å². The molecule has 0 unspecified atom stereocenters. The summed E-state index contributed by atoms with van der Waals surface area (Å²) in [5, 5.41) is 8.25. The maximum Gasteiger partial charge on any atom is 0.194 e. The number of guanidine groups is 1. The van der Waals surface area contributed by atoms with Crippen LogP contribution in [0, 0.1) is 0 Å². The Labute approximate surface area is 136 Å². The van der Waals surface area contributed by atoms with Crippen molar-refractivity contribution in [3.05, 3.63) is 53.3 Å². The fourth-order valence-corrected chi connectivity index (χ4v) is 2.23. The van der Waals surface area contributed by atoms with Crippen molar-refractivity contribution in [1.82, 2.24) is 20.0 Å². The first kappa shape index (κ1) is 16.4. The molecule has 1 N–H and O–H groups in total. The van der Waals surface area contributed by atoms with Crippen molar-refractivity contribution in [1.29, 1.82) is 0 Å². The summed E-state index contributed by atoms with van der Waals surface area (Å²) in [5.41, 5.74) is 1.20.